The lowest BCUT2D eigenvalue weighted by Crippen LogP contribution is -2.58. The lowest BCUT2D eigenvalue weighted by molar-refractivity contribution is -0.148. The van der Waals surface area contributed by atoms with Crippen LogP contribution in [0, 0.1) is 0 Å². The monoisotopic (exact) mass is 505 g/mol. The number of nitrogens with zero attached hydrogens (tertiary/aromatic N) is 2. The van der Waals surface area contributed by atoms with Crippen molar-refractivity contribution in [3.8, 4) is 11.5 Å². The van der Waals surface area contributed by atoms with Crippen molar-refractivity contribution < 1.29 is 37.9 Å². The number of unbranched alkanes of at least 4 members (excludes halogenated alkanes) is 1. The molecule has 35 heavy (non-hydrogen) atoms. The fraction of sp³-hybridized carbons (Fsp3) is 0.348. The molecule has 4 amide bonds. The van der Waals surface area contributed by atoms with Crippen molar-refractivity contribution in [2.75, 3.05) is 25.4 Å². The summed E-state index contributed by atoms with van der Waals surface area (Å²) >= 11 is 0. The molecule has 12 heteroatoms. The van der Waals surface area contributed by atoms with Crippen LogP contribution in [-0.2, 0) is 19.4 Å². The molecule has 2 aromatic carbocycles. The molecule has 1 fully saturated rings. The molecule has 2 aromatic rings. The average molecular weight is 506 g/mol. The Morgan fingerprint density at radius 3 is 2.31 bits per heavy atom. The van der Waals surface area contributed by atoms with Gasteiger partial charge in [-0.1, -0.05) is 31.5 Å². The van der Waals surface area contributed by atoms with Crippen LogP contribution in [0.4, 0.5) is 4.79 Å². The van der Waals surface area contributed by atoms with Crippen molar-refractivity contribution in [2.24, 2.45) is 0 Å². The topological polar surface area (TPSA) is 154 Å². The van der Waals surface area contributed by atoms with Crippen molar-refractivity contribution in [3.63, 3.8) is 0 Å². The minimum atomic E-state index is -4.31. The van der Waals surface area contributed by atoms with Crippen LogP contribution in [0.3, 0.4) is 0 Å². The van der Waals surface area contributed by atoms with Crippen molar-refractivity contribution >= 4 is 27.7 Å². The highest BCUT2D eigenvalue weighted by molar-refractivity contribution is 7.91. The van der Waals surface area contributed by atoms with Crippen LogP contribution in [0.25, 0.3) is 0 Å². The molecule has 1 aliphatic heterocycles. The minimum absolute atomic E-state index is 0.231. The van der Waals surface area contributed by atoms with Gasteiger partial charge in [0, 0.05) is 6.54 Å². The fourth-order valence-corrected chi connectivity index (χ4v) is 5.13. The van der Waals surface area contributed by atoms with Crippen molar-refractivity contribution in [2.45, 2.75) is 30.3 Å². The summed E-state index contributed by atoms with van der Waals surface area (Å²) in [5.41, 5.74) is -1.56. The third kappa shape index (κ3) is 6.15. The number of rotatable bonds is 11. The zero-order valence-electron chi connectivity index (χ0n) is 19.1. The number of hydroxylamine groups is 1. The Balaban J connectivity index is 1.78. The molecule has 0 saturated carbocycles. The first kappa shape index (κ1) is 26.1. The lowest BCUT2D eigenvalue weighted by Gasteiger charge is -2.29. The van der Waals surface area contributed by atoms with Crippen LogP contribution in [0.5, 0.6) is 11.5 Å². The van der Waals surface area contributed by atoms with E-state index in [2.05, 4.69) is 0 Å². The van der Waals surface area contributed by atoms with Crippen LogP contribution < -0.4 is 10.2 Å². The van der Waals surface area contributed by atoms with E-state index in [1.807, 2.05) is 13.0 Å². The third-order valence-corrected chi connectivity index (χ3v) is 7.29. The summed E-state index contributed by atoms with van der Waals surface area (Å²) in [4.78, 5) is 38.9. The van der Waals surface area contributed by atoms with Gasteiger partial charge in [0.05, 0.1) is 17.2 Å². The Morgan fingerprint density at radius 1 is 1.09 bits per heavy atom. The second-order valence-corrected chi connectivity index (χ2v) is 10.1. The van der Waals surface area contributed by atoms with Crippen LogP contribution in [0.15, 0.2) is 59.5 Å². The standard InChI is InChI=1S/C23H27N3O8S/c1-2-3-13-25-14-20(27)26(22(25)29)15-23(30,21(28)24-31)16-35(32,33)19-11-9-18(10-12-19)34-17-7-5-4-6-8-17/h4-12,30-31H,2-3,13-16H2,1H3,(H,24,28). The first-order chi connectivity index (χ1) is 16.6. The Morgan fingerprint density at radius 2 is 1.71 bits per heavy atom. The zero-order valence-corrected chi connectivity index (χ0v) is 19.9. The number of carbonyl (C=O) groups excluding carboxylic acids is 3. The number of nitrogens with one attached hydrogen (secondary N) is 1. The van der Waals surface area contributed by atoms with E-state index in [4.69, 9.17) is 9.94 Å². The van der Waals surface area contributed by atoms with Gasteiger partial charge in [0.1, 0.15) is 18.0 Å². The number of benzene rings is 2. The summed E-state index contributed by atoms with van der Waals surface area (Å²) in [7, 11) is -4.31. The van der Waals surface area contributed by atoms with Crippen LogP contribution in [-0.4, -0.2) is 77.4 Å². The van der Waals surface area contributed by atoms with Gasteiger partial charge < -0.3 is 14.7 Å². The number of ether oxygens (including phenoxy) is 1. The van der Waals surface area contributed by atoms with Crippen molar-refractivity contribution in [1.29, 1.82) is 0 Å². The highest BCUT2D eigenvalue weighted by Crippen LogP contribution is 2.25. The number of sulfone groups is 1. The van der Waals surface area contributed by atoms with E-state index in [1.165, 1.54) is 34.6 Å². The number of hydrogen-bond acceptors (Lipinski definition) is 8. The molecule has 11 nitrogen and oxygen atoms in total. The van der Waals surface area contributed by atoms with Gasteiger partial charge in [0.2, 0.25) is 5.91 Å². The maximum atomic E-state index is 13.0. The Kier molecular flexibility index (Phi) is 8.10. The molecule has 1 heterocycles. The summed E-state index contributed by atoms with van der Waals surface area (Å²) in [6.07, 6.45) is 1.43. The number of imide groups is 1. The predicted molar refractivity (Wildman–Crippen MR) is 123 cm³/mol. The van der Waals surface area contributed by atoms with Crippen molar-refractivity contribution in [1.82, 2.24) is 15.3 Å². The Hall–Kier alpha value is -3.48. The summed E-state index contributed by atoms with van der Waals surface area (Å²) in [6.45, 7) is 1.03. The molecular formula is C23H27N3O8S. The van der Waals surface area contributed by atoms with E-state index in [0.717, 1.165) is 6.42 Å². The number of amides is 4. The van der Waals surface area contributed by atoms with Gasteiger partial charge >= 0.3 is 6.03 Å². The molecule has 1 saturated heterocycles. The number of hydrogen-bond donors (Lipinski definition) is 3. The van der Waals surface area contributed by atoms with Gasteiger partial charge in [0.15, 0.2) is 15.4 Å². The predicted octanol–water partition coefficient (Wildman–Crippen LogP) is 1.55. The fourth-order valence-electron chi connectivity index (χ4n) is 3.56. The summed E-state index contributed by atoms with van der Waals surface area (Å²) in [6, 6.07) is 13.4. The van der Waals surface area contributed by atoms with E-state index in [-0.39, 0.29) is 11.4 Å². The average Bonchev–Trinajstić information content (AvgIpc) is 3.10. The van der Waals surface area contributed by atoms with Gasteiger partial charge in [-0.25, -0.2) is 18.7 Å². The molecule has 0 bridgehead atoms. The molecule has 0 spiro atoms. The van der Waals surface area contributed by atoms with Gasteiger partial charge in [0.25, 0.3) is 5.91 Å². The summed E-state index contributed by atoms with van der Waals surface area (Å²) < 4.78 is 31.7. The first-order valence-corrected chi connectivity index (χ1v) is 12.6. The van der Waals surface area contributed by atoms with Crippen LogP contribution in [0.2, 0.25) is 0 Å². The second kappa shape index (κ2) is 10.8. The smallest absolute Gasteiger partial charge is 0.327 e. The summed E-state index contributed by atoms with van der Waals surface area (Å²) in [5.74, 6) is -2.42. The third-order valence-electron chi connectivity index (χ3n) is 5.44. The van der Waals surface area contributed by atoms with E-state index in [9.17, 15) is 27.9 Å². The molecule has 3 rings (SSSR count). The molecular weight excluding hydrogens is 478 g/mol. The summed E-state index contributed by atoms with van der Waals surface area (Å²) in [5, 5.41) is 20.1. The molecule has 0 aliphatic carbocycles. The number of aliphatic hydroxyl groups is 1. The number of para-hydroxylation sites is 1. The zero-order chi connectivity index (χ0) is 25.6. The van der Waals surface area contributed by atoms with Gasteiger partial charge in [-0.3, -0.25) is 19.7 Å². The molecule has 3 N–H and O–H groups in total. The van der Waals surface area contributed by atoms with Gasteiger partial charge in [-0.05, 0) is 42.8 Å². The Labute approximate surface area is 202 Å². The molecule has 188 valence electrons. The molecule has 1 aliphatic rings. The van der Waals surface area contributed by atoms with E-state index in [1.54, 1.807) is 24.3 Å². The quantitative estimate of drug-likeness (QED) is 0.236. The number of β-amino-alcohol motifs (C(OH)–C–C–N with tert-alkyl or cyclic N) is 1. The maximum Gasteiger partial charge on any atom is 0.327 e. The minimum Gasteiger partial charge on any atom is -0.457 e. The highest BCUT2D eigenvalue weighted by atomic mass is 32.2. The van der Waals surface area contributed by atoms with E-state index < -0.39 is 45.6 Å². The van der Waals surface area contributed by atoms with Gasteiger partial charge in [-0.15, -0.1) is 0 Å². The lowest BCUT2D eigenvalue weighted by atomic mass is 10.1. The van der Waals surface area contributed by atoms with Gasteiger partial charge in [-0.2, -0.15) is 0 Å². The molecule has 0 radical (unpaired) electrons. The number of urea groups is 1. The second-order valence-electron chi connectivity index (χ2n) is 8.16. The van der Waals surface area contributed by atoms with Crippen LogP contribution in [0.1, 0.15) is 19.8 Å². The molecule has 1 unspecified atom stereocenters. The van der Waals surface area contributed by atoms with Crippen LogP contribution >= 0.6 is 0 Å². The number of carbonyl (C=O) groups is 3. The van der Waals surface area contributed by atoms with E-state index in [0.29, 0.717) is 29.4 Å². The van der Waals surface area contributed by atoms with Crippen molar-refractivity contribution in [3.05, 3.63) is 54.6 Å². The SMILES string of the molecule is CCCCN1CC(=O)N(CC(O)(CS(=O)(=O)c2ccc(Oc3ccccc3)cc2)C(=O)NO)C1=O. The largest absolute Gasteiger partial charge is 0.457 e. The van der Waals surface area contributed by atoms with E-state index >= 15 is 0 Å². The highest BCUT2D eigenvalue weighted by Gasteiger charge is 2.47. The Bertz CT molecular complexity index is 1170. The molecule has 1 atom stereocenters. The first-order valence-electron chi connectivity index (χ1n) is 10.9. The molecule has 0 aromatic heterocycles. The maximum absolute atomic E-state index is 13.0. The normalized spacial score (nSPS) is 15.7.